The van der Waals surface area contributed by atoms with Crippen molar-refractivity contribution in [3.05, 3.63) is 21.5 Å². The van der Waals surface area contributed by atoms with Crippen molar-refractivity contribution in [1.29, 1.82) is 0 Å². The van der Waals surface area contributed by atoms with Crippen molar-refractivity contribution in [3.63, 3.8) is 0 Å². The first-order chi connectivity index (χ1) is 8.04. The molecule has 0 aromatic carbocycles. The molecule has 1 rings (SSSR count). The Balaban J connectivity index is 2.60. The molecule has 94 valence electrons. The summed E-state index contributed by atoms with van der Waals surface area (Å²) in [4.78, 5) is 25.5. The summed E-state index contributed by atoms with van der Waals surface area (Å²) in [5.41, 5.74) is 0.386. The Labute approximate surface area is 113 Å². The fourth-order valence-electron chi connectivity index (χ4n) is 1.40. The highest BCUT2D eigenvalue weighted by molar-refractivity contribution is 14.1. The number of carboxylic acids is 1. The maximum Gasteiger partial charge on any atom is 0.326 e. The molecule has 0 spiro atoms. The van der Waals surface area contributed by atoms with Crippen LogP contribution < -0.4 is 5.32 Å². The highest BCUT2D eigenvalue weighted by atomic mass is 127. The van der Waals surface area contributed by atoms with Gasteiger partial charge in [-0.25, -0.2) is 4.79 Å². The first-order valence-electron chi connectivity index (χ1n) is 5.42. The lowest BCUT2D eigenvalue weighted by molar-refractivity contribution is -0.139. The van der Waals surface area contributed by atoms with Crippen molar-refractivity contribution in [2.24, 2.45) is 0 Å². The molecule has 1 atom stereocenters. The number of rotatable bonds is 6. The number of carbonyl (C=O) groups excluding carboxylic acids is 1. The van der Waals surface area contributed by atoms with Crippen molar-refractivity contribution >= 4 is 34.5 Å². The maximum absolute atomic E-state index is 11.7. The van der Waals surface area contributed by atoms with Crippen LogP contribution in [0.5, 0.6) is 0 Å². The van der Waals surface area contributed by atoms with Gasteiger partial charge in [-0.3, -0.25) is 4.79 Å². The number of aliphatic carboxylic acids is 1. The highest BCUT2D eigenvalue weighted by Gasteiger charge is 2.20. The van der Waals surface area contributed by atoms with Gasteiger partial charge in [0.1, 0.15) is 11.7 Å². The summed E-state index contributed by atoms with van der Waals surface area (Å²) >= 11 is 2.08. The summed E-state index contributed by atoms with van der Waals surface area (Å²) in [7, 11) is 0. The third-order valence-electron chi connectivity index (χ3n) is 2.34. The van der Waals surface area contributed by atoms with E-state index in [0.717, 1.165) is 16.4 Å². The van der Waals surface area contributed by atoms with Crippen LogP contribution in [0.25, 0.3) is 0 Å². The third kappa shape index (κ3) is 4.37. The molecule has 0 aliphatic rings. The minimum atomic E-state index is -0.993. The lowest BCUT2D eigenvalue weighted by Gasteiger charge is -2.13. The van der Waals surface area contributed by atoms with Crippen molar-refractivity contribution in [1.82, 2.24) is 10.3 Å². The van der Waals surface area contributed by atoms with E-state index in [0.29, 0.717) is 12.1 Å². The zero-order chi connectivity index (χ0) is 12.8. The lowest BCUT2D eigenvalue weighted by Crippen LogP contribution is -2.40. The Bertz CT molecular complexity index is 403. The Morgan fingerprint density at radius 1 is 1.59 bits per heavy atom. The standard InChI is InChI=1S/C11H15IN2O3/c1-2-3-4-8(11(16)17)14-10(15)9-5-7(12)6-13-9/h5-6,8,13H,2-4H2,1H3,(H,14,15)(H,16,17). The number of hydrogen-bond acceptors (Lipinski definition) is 2. The van der Waals surface area contributed by atoms with Gasteiger partial charge in [-0.1, -0.05) is 19.8 Å². The van der Waals surface area contributed by atoms with E-state index in [2.05, 4.69) is 32.9 Å². The van der Waals surface area contributed by atoms with Crippen LogP contribution in [0.15, 0.2) is 12.3 Å². The van der Waals surface area contributed by atoms with Crippen molar-refractivity contribution in [3.8, 4) is 0 Å². The Kier molecular flexibility index (Phi) is 5.46. The van der Waals surface area contributed by atoms with Crippen LogP contribution in [-0.4, -0.2) is 28.0 Å². The number of amides is 1. The minimum Gasteiger partial charge on any atom is -0.480 e. The van der Waals surface area contributed by atoms with E-state index in [1.165, 1.54) is 0 Å². The second kappa shape index (κ2) is 6.63. The average Bonchev–Trinajstić information content (AvgIpc) is 2.70. The number of hydrogen-bond donors (Lipinski definition) is 3. The van der Waals surface area contributed by atoms with Gasteiger partial charge in [0.25, 0.3) is 5.91 Å². The van der Waals surface area contributed by atoms with Crippen LogP contribution in [0.1, 0.15) is 36.7 Å². The van der Waals surface area contributed by atoms with E-state index >= 15 is 0 Å². The maximum atomic E-state index is 11.7. The van der Waals surface area contributed by atoms with Crippen LogP contribution in [-0.2, 0) is 4.79 Å². The van der Waals surface area contributed by atoms with Crippen LogP contribution in [0.3, 0.4) is 0 Å². The van der Waals surface area contributed by atoms with Gasteiger partial charge in [0.05, 0.1) is 0 Å². The summed E-state index contributed by atoms with van der Waals surface area (Å²) < 4.78 is 0.910. The molecule has 1 aromatic heterocycles. The molecule has 0 saturated carbocycles. The van der Waals surface area contributed by atoms with Crippen LogP contribution in [0, 0.1) is 3.57 Å². The SMILES string of the molecule is CCCCC(NC(=O)c1cc(I)c[nH]1)C(=O)O. The summed E-state index contributed by atoms with van der Waals surface area (Å²) in [5.74, 6) is -1.37. The summed E-state index contributed by atoms with van der Waals surface area (Å²) in [5, 5.41) is 11.5. The number of aromatic amines is 1. The van der Waals surface area contributed by atoms with Gasteiger partial charge in [-0.05, 0) is 35.1 Å². The molecule has 0 saturated heterocycles. The Hall–Kier alpha value is -1.05. The molecule has 1 amide bonds. The molecular weight excluding hydrogens is 335 g/mol. The zero-order valence-corrected chi connectivity index (χ0v) is 11.7. The topological polar surface area (TPSA) is 82.2 Å². The molecule has 0 aliphatic carbocycles. The molecule has 0 aliphatic heterocycles. The van der Waals surface area contributed by atoms with E-state index in [9.17, 15) is 9.59 Å². The predicted molar refractivity (Wildman–Crippen MR) is 71.9 cm³/mol. The fraction of sp³-hybridized carbons (Fsp3) is 0.455. The van der Waals surface area contributed by atoms with Crippen LogP contribution in [0.2, 0.25) is 0 Å². The second-order valence-corrected chi connectivity index (χ2v) is 4.98. The number of H-pyrrole nitrogens is 1. The van der Waals surface area contributed by atoms with Gasteiger partial charge in [-0.15, -0.1) is 0 Å². The quantitative estimate of drug-likeness (QED) is 0.687. The number of nitrogens with one attached hydrogen (secondary N) is 2. The van der Waals surface area contributed by atoms with Crippen LogP contribution >= 0.6 is 22.6 Å². The van der Waals surface area contributed by atoms with E-state index < -0.39 is 12.0 Å². The van der Waals surface area contributed by atoms with E-state index in [-0.39, 0.29) is 5.91 Å². The number of aromatic nitrogens is 1. The lowest BCUT2D eigenvalue weighted by atomic mass is 10.1. The summed E-state index contributed by atoms with van der Waals surface area (Å²) in [6.45, 7) is 1.98. The minimum absolute atomic E-state index is 0.378. The van der Waals surface area contributed by atoms with E-state index in [1.807, 2.05) is 6.92 Å². The third-order valence-corrected chi connectivity index (χ3v) is 2.96. The largest absolute Gasteiger partial charge is 0.480 e. The van der Waals surface area contributed by atoms with Gasteiger partial charge in [0, 0.05) is 9.77 Å². The van der Waals surface area contributed by atoms with Crippen molar-refractivity contribution in [2.45, 2.75) is 32.2 Å². The summed E-state index contributed by atoms with van der Waals surface area (Å²) in [6, 6.07) is 0.859. The molecule has 1 heterocycles. The molecule has 1 aromatic rings. The highest BCUT2D eigenvalue weighted by Crippen LogP contribution is 2.07. The predicted octanol–water partition coefficient (Wildman–Crippen LogP) is 1.99. The molecule has 6 heteroatoms. The first-order valence-corrected chi connectivity index (χ1v) is 6.50. The molecule has 0 radical (unpaired) electrons. The van der Waals surface area contributed by atoms with Gasteiger partial charge < -0.3 is 15.4 Å². The number of carboxylic acid groups (broad SMARTS) is 1. The Morgan fingerprint density at radius 2 is 2.29 bits per heavy atom. The molecule has 17 heavy (non-hydrogen) atoms. The number of halogens is 1. The molecule has 0 bridgehead atoms. The fourth-order valence-corrected chi connectivity index (χ4v) is 1.87. The summed E-state index contributed by atoms with van der Waals surface area (Å²) in [6.07, 6.45) is 3.83. The van der Waals surface area contributed by atoms with E-state index in [1.54, 1.807) is 12.3 Å². The molecule has 3 N–H and O–H groups in total. The van der Waals surface area contributed by atoms with Gasteiger partial charge in [0.2, 0.25) is 0 Å². The molecule has 5 nitrogen and oxygen atoms in total. The molecule has 1 unspecified atom stereocenters. The van der Waals surface area contributed by atoms with Gasteiger partial charge in [0.15, 0.2) is 0 Å². The average molecular weight is 350 g/mol. The smallest absolute Gasteiger partial charge is 0.326 e. The van der Waals surface area contributed by atoms with Crippen molar-refractivity contribution in [2.75, 3.05) is 0 Å². The number of carbonyl (C=O) groups is 2. The number of unbranched alkanes of at least 4 members (excludes halogenated alkanes) is 1. The normalized spacial score (nSPS) is 12.1. The molecule has 0 fully saturated rings. The van der Waals surface area contributed by atoms with E-state index in [4.69, 9.17) is 5.11 Å². The zero-order valence-electron chi connectivity index (χ0n) is 9.50. The van der Waals surface area contributed by atoms with Crippen LogP contribution in [0.4, 0.5) is 0 Å². The first kappa shape index (κ1) is 14.0. The second-order valence-electron chi connectivity index (χ2n) is 3.74. The monoisotopic (exact) mass is 350 g/mol. The van der Waals surface area contributed by atoms with Crippen molar-refractivity contribution < 1.29 is 14.7 Å². The Morgan fingerprint density at radius 3 is 2.76 bits per heavy atom. The van der Waals surface area contributed by atoms with Gasteiger partial charge >= 0.3 is 5.97 Å². The molecular formula is C11H15IN2O3. The van der Waals surface area contributed by atoms with Gasteiger partial charge in [-0.2, -0.15) is 0 Å².